The number of nitrogens with two attached hydrogens (primary N) is 1. The van der Waals surface area contributed by atoms with Gasteiger partial charge < -0.3 is 21.1 Å². The van der Waals surface area contributed by atoms with E-state index >= 15 is 0 Å². The van der Waals surface area contributed by atoms with E-state index in [2.05, 4.69) is 10.6 Å². The standard InChI is InChI=1S/C10H19N3O3/c1-16-8(6-11)10(15)13-5-4-12-9(14)7-2-3-7/h7-8H,2-6,11H2,1H3,(H,12,14)(H,13,15). The maximum atomic E-state index is 11.4. The fraction of sp³-hybridized carbons (Fsp3) is 0.800. The van der Waals surface area contributed by atoms with Gasteiger partial charge in [-0.2, -0.15) is 0 Å². The molecule has 0 aromatic heterocycles. The molecule has 1 saturated carbocycles. The highest BCUT2D eigenvalue weighted by atomic mass is 16.5. The highest BCUT2D eigenvalue weighted by molar-refractivity contribution is 5.82. The summed E-state index contributed by atoms with van der Waals surface area (Å²) in [6.45, 7) is 0.996. The number of hydrogen-bond donors (Lipinski definition) is 3. The Hall–Kier alpha value is -1.14. The Labute approximate surface area is 94.9 Å². The van der Waals surface area contributed by atoms with Crippen LogP contribution in [0.1, 0.15) is 12.8 Å². The molecule has 0 aromatic carbocycles. The summed E-state index contributed by atoms with van der Waals surface area (Å²) in [7, 11) is 1.44. The van der Waals surface area contributed by atoms with Crippen LogP contribution >= 0.6 is 0 Å². The van der Waals surface area contributed by atoms with Crippen LogP contribution in [0, 0.1) is 5.92 Å². The van der Waals surface area contributed by atoms with E-state index in [1.54, 1.807) is 0 Å². The number of nitrogens with one attached hydrogen (secondary N) is 2. The van der Waals surface area contributed by atoms with Crippen molar-refractivity contribution in [2.75, 3.05) is 26.7 Å². The SMILES string of the molecule is COC(CN)C(=O)NCCNC(=O)C1CC1. The third-order valence-corrected chi connectivity index (χ3v) is 2.46. The molecule has 6 nitrogen and oxygen atoms in total. The van der Waals surface area contributed by atoms with Crippen molar-refractivity contribution >= 4 is 11.8 Å². The van der Waals surface area contributed by atoms with Gasteiger partial charge in [-0.1, -0.05) is 0 Å². The molecule has 0 spiro atoms. The molecule has 1 fully saturated rings. The van der Waals surface area contributed by atoms with E-state index in [4.69, 9.17) is 10.5 Å². The van der Waals surface area contributed by atoms with Gasteiger partial charge in [0, 0.05) is 32.7 Å². The predicted octanol–water partition coefficient (Wildman–Crippen LogP) is -1.40. The van der Waals surface area contributed by atoms with Crippen LogP contribution in [0.4, 0.5) is 0 Å². The van der Waals surface area contributed by atoms with Crippen molar-refractivity contribution < 1.29 is 14.3 Å². The van der Waals surface area contributed by atoms with Gasteiger partial charge in [0.1, 0.15) is 6.10 Å². The Morgan fingerprint density at radius 1 is 1.38 bits per heavy atom. The molecule has 0 heterocycles. The highest BCUT2D eigenvalue weighted by Gasteiger charge is 2.29. The van der Waals surface area contributed by atoms with Gasteiger partial charge in [-0.05, 0) is 12.8 Å². The van der Waals surface area contributed by atoms with E-state index in [1.165, 1.54) is 7.11 Å². The van der Waals surface area contributed by atoms with Crippen molar-refractivity contribution in [3.8, 4) is 0 Å². The summed E-state index contributed by atoms with van der Waals surface area (Å²) >= 11 is 0. The minimum atomic E-state index is -0.612. The third-order valence-electron chi connectivity index (χ3n) is 2.46. The molecule has 6 heteroatoms. The van der Waals surface area contributed by atoms with E-state index in [-0.39, 0.29) is 24.3 Å². The summed E-state index contributed by atoms with van der Waals surface area (Å²) in [6, 6.07) is 0. The first-order valence-corrected chi connectivity index (χ1v) is 5.47. The molecule has 16 heavy (non-hydrogen) atoms. The average Bonchev–Trinajstić information content (AvgIpc) is 3.09. The number of carbonyl (C=O) groups is 2. The molecule has 4 N–H and O–H groups in total. The second-order valence-electron chi connectivity index (χ2n) is 3.82. The van der Waals surface area contributed by atoms with E-state index in [1.807, 2.05) is 0 Å². The van der Waals surface area contributed by atoms with Crippen molar-refractivity contribution in [1.29, 1.82) is 0 Å². The summed E-state index contributed by atoms with van der Waals surface area (Å²) in [5, 5.41) is 5.39. The normalized spacial score (nSPS) is 16.6. The van der Waals surface area contributed by atoms with Crippen LogP contribution in [0.25, 0.3) is 0 Å². The minimum absolute atomic E-state index is 0.0800. The van der Waals surface area contributed by atoms with Gasteiger partial charge in [-0.25, -0.2) is 0 Å². The molecule has 2 amide bonds. The van der Waals surface area contributed by atoms with Gasteiger partial charge in [0.05, 0.1) is 0 Å². The number of ether oxygens (including phenoxy) is 1. The lowest BCUT2D eigenvalue weighted by atomic mass is 10.3. The zero-order valence-corrected chi connectivity index (χ0v) is 9.49. The zero-order chi connectivity index (χ0) is 12.0. The van der Waals surface area contributed by atoms with E-state index in [9.17, 15) is 9.59 Å². The van der Waals surface area contributed by atoms with E-state index in [0.717, 1.165) is 12.8 Å². The first-order valence-electron chi connectivity index (χ1n) is 5.47. The Balaban J connectivity index is 2.05. The van der Waals surface area contributed by atoms with Crippen molar-refractivity contribution in [2.24, 2.45) is 11.7 Å². The monoisotopic (exact) mass is 229 g/mol. The van der Waals surface area contributed by atoms with Gasteiger partial charge in [-0.15, -0.1) is 0 Å². The molecule has 0 aromatic rings. The fourth-order valence-corrected chi connectivity index (χ4v) is 1.29. The fourth-order valence-electron chi connectivity index (χ4n) is 1.29. The van der Waals surface area contributed by atoms with Gasteiger partial charge >= 0.3 is 0 Å². The number of carbonyl (C=O) groups excluding carboxylic acids is 2. The highest BCUT2D eigenvalue weighted by Crippen LogP contribution is 2.28. The summed E-state index contributed by atoms with van der Waals surface area (Å²) in [5.41, 5.74) is 5.33. The van der Waals surface area contributed by atoms with Crippen LogP contribution in [0.5, 0.6) is 0 Å². The zero-order valence-electron chi connectivity index (χ0n) is 9.49. The lowest BCUT2D eigenvalue weighted by Gasteiger charge is -2.13. The molecule has 1 unspecified atom stereocenters. The van der Waals surface area contributed by atoms with E-state index < -0.39 is 6.10 Å². The largest absolute Gasteiger partial charge is 0.370 e. The number of hydrogen-bond acceptors (Lipinski definition) is 4. The average molecular weight is 229 g/mol. The molecule has 0 bridgehead atoms. The van der Waals surface area contributed by atoms with E-state index in [0.29, 0.717) is 13.1 Å². The van der Waals surface area contributed by atoms with Crippen LogP contribution < -0.4 is 16.4 Å². The third kappa shape index (κ3) is 4.16. The number of amides is 2. The molecular formula is C10H19N3O3. The first-order chi connectivity index (χ1) is 7.69. The van der Waals surface area contributed by atoms with Crippen LogP contribution in [-0.4, -0.2) is 44.7 Å². The Morgan fingerprint density at radius 2 is 2.00 bits per heavy atom. The molecule has 0 radical (unpaired) electrons. The van der Waals surface area contributed by atoms with Gasteiger partial charge in [0.15, 0.2) is 0 Å². The van der Waals surface area contributed by atoms with Gasteiger partial charge in [-0.3, -0.25) is 9.59 Å². The molecular weight excluding hydrogens is 210 g/mol. The van der Waals surface area contributed by atoms with Crippen molar-refractivity contribution in [3.05, 3.63) is 0 Å². The molecule has 1 atom stereocenters. The summed E-state index contributed by atoms with van der Waals surface area (Å²) in [5.74, 6) is 0.0357. The summed E-state index contributed by atoms with van der Waals surface area (Å²) < 4.78 is 4.86. The number of methoxy groups -OCH3 is 1. The molecule has 92 valence electrons. The lowest BCUT2D eigenvalue weighted by Crippen LogP contribution is -2.43. The first kappa shape index (κ1) is 12.9. The topological polar surface area (TPSA) is 93.4 Å². The Bertz CT molecular complexity index is 250. The smallest absolute Gasteiger partial charge is 0.250 e. The quantitative estimate of drug-likeness (QED) is 0.468. The molecule has 0 aliphatic heterocycles. The van der Waals surface area contributed by atoms with Crippen LogP contribution in [-0.2, 0) is 14.3 Å². The maximum absolute atomic E-state index is 11.4. The Morgan fingerprint density at radius 3 is 2.50 bits per heavy atom. The van der Waals surface area contributed by atoms with Crippen molar-refractivity contribution in [2.45, 2.75) is 18.9 Å². The second kappa shape index (κ2) is 6.44. The molecule has 0 saturated heterocycles. The van der Waals surface area contributed by atoms with Gasteiger partial charge in [0.25, 0.3) is 5.91 Å². The molecule has 1 aliphatic rings. The van der Waals surface area contributed by atoms with Crippen molar-refractivity contribution in [3.63, 3.8) is 0 Å². The maximum Gasteiger partial charge on any atom is 0.250 e. The van der Waals surface area contributed by atoms with Crippen molar-refractivity contribution in [1.82, 2.24) is 10.6 Å². The predicted molar refractivity (Wildman–Crippen MR) is 58.6 cm³/mol. The Kier molecular flexibility index (Phi) is 5.21. The lowest BCUT2D eigenvalue weighted by molar-refractivity contribution is -0.130. The summed E-state index contributed by atoms with van der Waals surface area (Å²) in [6.07, 6.45) is 1.35. The summed E-state index contributed by atoms with van der Waals surface area (Å²) in [4.78, 5) is 22.6. The molecule has 1 rings (SSSR count). The number of rotatable bonds is 7. The minimum Gasteiger partial charge on any atom is -0.370 e. The second-order valence-corrected chi connectivity index (χ2v) is 3.82. The van der Waals surface area contributed by atoms with Crippen LogP contribution in [0.3, 0.4) is 0 Å². The van der Waals surface area contributed by atoms with Crippen LogP contribution in [0.2, 0.25) is 0 Å². The van der Waals surface area contributed by atoms with Crippen LogP contribution in [0.15, 0.2) is 0 Å². The van der Waals surface area contributed by atoms with Gasteiger partial charge in [0.2, 0.25) is 5.91 Å². The molecule has 1 aliphatic carbocycles.